The standard InChI is InChI=1S/C16H34N2S/c1-4-15(2)16-14-18(12-9-10-17-16)11-7-5-6-8-13-19-3/h15-17H,4-14H2,1-3H3. The van der Waals surface area contributed by atoms with Crippen molar-refractivity contribution >= 4 is 11.8 Å². The highest BCUT2D eigenvalue weighted by Gasteiger charge is 2.21. The van der Waals surface area contributed by atoms with Crippen LogP contribution in [0, 0.1) is 5.92 Å². The van der Waals surface area contributed by atoms with Crippen molar-refractivity contribution in [3.63, 3.8) is 0 Å². The Morgan fingerprint density at radius 2 is 2.05 bits per heavy atom. The topological polar surface area (TPSA) is 15.3 Å². The number of thioether (sulfide) groups is 1. The van der Waals surface area contributed by atoms with E-state index in [1.54, 1.807) is 0 Å². The minimum Gasteiger partial charge on any atom is -0.312 e. The first-order chi connectivity index (χ1) is 9.27. The van der Waals surface area contributed by atoms with Crippen LogP contribution in [-0.4, -0.2) is 49.1 Å². The fourth-order valence-electron chi connectivity index (χ4n) is 2.83. The average molecular weight is 287 g/mol. The predicted molar refractivity (Wildman–Crippen MR) is 89.2 cm³/mol. The van der Waals surface area contributed by atoms with E-state index in [0.29, 0.717) is 6.04 Å². The van der Waals surface area contributed by atoms with Gasteiger partial charge in [0.2, 0.25) is 0 Å². The largest absolute Gasteiger partial charge is 0.312 e. The Morgan fingerprint density at radius 1 is 1.26 bits per heavy atom. The van der Waals surface area contributed by atoms with Gasteiger partial charge in [-0.3, -0.25) is 0 Å². The normalized spacial score (nSPS) is 23.2. The molecule has 1 aliphatic rings. The molecule has 0 amide bonds. The smallest absolute Gasteiger partial charge is 0.0220 e. The molecule has 3 heteroatoms. The average Bonchev–Trinajstić information content (AvgIpc) is 2.67. The number of nitrogens with one attached hydrogen (secondary N) is 1. The van der Waals surface area contributed by atoms with Crippen molar-refractivity contribution in [1.82, 2.24) is 10.2 Å². The van der Waals surface area contributed by atoms with Gasteiger partial charge in [-0.15, -0.1) is 0 Å². The molecule has 0 aromatic heterocycles. The van der Waals surface area contributed by atoms with Crippen LogP contribution in [0.2, 0.25) is 0 Å². The Kier molecular flexibility index (Phi) is 10.0. The zero-order valence-corrected chi connectivity index (χ0v) is 14.1. The molecule has 2 nitrogen and oxygen atoms in total. The summed E-state index contributed by atoms with van der Waals surface area (Å²) in [6, 6.07) is 0.712. The molecule has 0 bridgehead atoms. The summed E-state index contributed by atoms with van der Waals surface area (Å²) >= 11 is 1.98. The molecule has 1 heterocycles. The monoisotopic (exact) mass is 286 g/mol. The number of nitrogens with zero attached hydrogens (tertiary/aromatic N) is 1. The third kappa shape index (κ3) is 7.57. The van der Waals surface area contributed by atoms with Gasteiger partial charge >= 0.3 is 0 Å². The summed E-state index contributed by atoms with van der Waals surface area (Å²) in [5, 5.41) is 3.74. The maximum absolute atomic E-state index is 3.74. The third-order valence-electron chi connectivity index (χ3n) is 4.42. The predicted octanol–water partition coefficient (Wildman–Crippen LogP) is 3.62. The van der Waals surface area contributed by atoms with Crippen LogP contribution in [0.5, 0.6) is 0 Å². The van der Waals surface area contributed by atoms with Gasteiger partial charge in [0.25, 0.3) is 0 Å². The second-order valence-corrected chi connectivity index (χ2v) is 6.99. The highest BCUT2D eigenvalue weighted by molar-refractivity contribution is 7.98. The van der Waals surface area contributed by atoms with Crippen molar-refractivity contribution in [2.45, 2.75) is 58.4 Å². The van der Waals surface area contributed by atoms with E-state index < -0.39 is 0 Å². The Hall–Kier alpha value is 0.270. The second kappa shape index (κ2) is 11.0. The van der Waals surface area contributed by atoms with E-state index in [2.05, 4.69) is 30.3 Å². The maximum atomic E-state index is 3.74. The van der Waals surface area contributed by atoms with E-state index in [4.69, 9.17) is 0 Å². The number of unbranched alkanes of at least 4 members (excludes halogenated alkanes) is 3. The van der Waals surface area contributed by atoms with Crippen LogP contribution < -0.4 is 5.32 Å². The van der Waals surface area contributed by atoms with Gasteiger partial charge in [-0.2, -0.15) is 11.8 Å². The summed E-state index contributed by atoms with van der Waals surface area (Å²) in [5.74, 6) is 2.14. The molecule has 2 atom stereocenters. The third-order valence-corrected chi connectivity index (χ3v) is 5.11. The van der Waals surface area contributed by atoms with Crippen LogP contribution in [0.15, 0.2) is 0 Å². The Balaban J connectivity index is 2.16. The van der Waals surface area contributed by atoms with Gasteiger partial charge in [0.1, 0.15) is 0 Å². The Labute approximate surface area is 125 Å². The van der Waals surface area contributed by atoms with Crippen molar-refractivity contribution in [3.8, 4) is 0 Å². The molecule has 1 aliphatic heterocycles. The van der Waals surface area contributed by atoms with Crippen molar-refractivity contribution in [2.24, 2.45) is 5.92 Å². The lowest BCUT2D eigenvalue weighted by Gasteiger charge is -2.28. The lowest BCUT2D eigenvalue weighted by atomic mass is 9.99. The summed E-state index contributed by atoms with van der Waals surface area (Å²) < 4.78 is 0. The van der Waals surface area contributed by atoms with E-state index in [0.717, 1.165) is 5.92 Å². The number of hydrogen-bond acceptors (Lipinski definition) is 3. The molecule has 0 aromatic carbocycles. The first kappa shape index (κ1) is 17.3. The van der Waals surface area contributed by atoms with E-state index in [9.17, 15) is 0 Å². The molecule has 1 rings (SSSR count). The van der Waals surface area contributed by atoms with Crippen molar-refractivity contribution in [2.75, 3.05) is 38.2 Å². The highest BCUT2D eigenvalue weighted by Crippen LogP contribution is 2.13. The first-order valence-electron chi connectivity index (χ1n) is 8.22. The summed E-state index contributed by atoms with van der Waals surface area (Å²) in [5.41, 5.74) is 0. The SMILES string of the molecule is CCC(C)C1CN(CCCCCCSC)CCCN1. The summed E-state index contributed by atoms with van der Waals surface area (Å²) in [6.07, 6.45) is 10.4. The zero-order valence-electron chi connectivity index (χ0n) is 13.3. The summed E-state index contributed by atoms with van der Waals surface area (Å²) in [7, 11) is 0. The van der Waals surface area contributed by atoms with Crippen LogP contribution in [0.1, 0.15) is 52.4 Å². The van der Waals surface area contributed by atoms with E-state index in [1.165, 1.54) is 70.5 Å². The molecule has 0 spiro atoms. The summed E-state index contributed by atoms with van der Waals surface area (Å²) in [6.45, 7) is 9.79. The van der Waals surface area contributed by atoms with E-state index in [-0.39, 0.29) is 0 Å². The molecule has 0 aromatic rings. The molecule has 1 N–H and O–H groups in total. The Morgan fingerprint density at radius 3 is 2.79 bits per heavy atom. The molecule has 19 heavy (non-hydrogen) atoms. The molecular formula is C16H34N2S. The van der Waals surface area contributed by atoms with E-state index in [1.807, 2.05) is 11.8 Å². The quantitative estimate of drug-likeness (QED) is 0.652. The van der Waals surface area contributed by atoms with Crippen LogP contribution in [0.25, 0.3) is 0 Å². The molecule has 0 aliphatic carbocycles. The van der Waals surface area contributed by atoms with Gasteiger partial charge in [-0.05, 0) is 56.8 Å². The lowest BCUT2D eigenvalue weighted by molar-refractivity contribution is 0.234. The minimum atomic E-state index is 0.712. The molecule has 2 unspecified atom stereocenters. The van der Waals surface area contributed by atoms with Gasteiger partial charge in [-0.25, -0.2) is 0 Å². The minimum absolute atomic E-state index is 0.712. The molecule has 1 saturated heterocycles. The molecule has 114 valence electrons. The van der Waals surface area contributed by atoms with Gasteiger partial charge < -0.3 is 10.2 Å². The summed E-state index contributed by atoms with van der Waals surface area (Å²) in [4.78, 5) is 2.70. The number of rotatable bonds is 9. The van der Waals surface area contributed by atoms with Crippen LogP contribution in [0.4, 0.5) is 0 Å². The number of hydrogen-bond donors (Lipinski definition) is 1. The van der Waals surface area contributed by atoms with Gasteiger partial charge in [0.05, 0.1) is 0 Å². The van der Waals surface area contributed by atoms with Gasteiger partial charge in [0, 0.05) is 12.6 Å². The molecular weight excluding hydrogens is 252 g/mol. The van der Waals surface area contributed by atoms with E-state index >= 15 is 0 Å². The van der Waals surface area contributed by atoms with Crippen molar-refractivity contribution in [3.05, 3.63) is 0 Å². The van der Waals surface area contributed by atoms with Crippen LogP contribution in [-0.2, 0) is 0 Å². The lowest BCUT2D eigenvalue weighted by Crippen LogP contribution is -2.42. The van der Waals surface area contributed by atoms with Crippen molar-refractivity contribution in [1.29, 1.82) is 0 Å². The zero-order chi connectivity index (χ0) is 13.9. The van der Waals surface area contributed by atoms with Crippen LogP contribution >= 0.6 is 11.8 Å². The molecule has 0 saturated carbocycles. The molecule has 0 radical (unpaired) electrons. The second-order valence-electron chi connectivity index (χ2n) is 6.01. The first-order valence-corrected chi connectivity index (χ1v) is 9.62. The molecule has 1 fully saturated rings. The Bertz CT molecular complexity index is 211. The van der Waals surface area contributed by atoms with Crippen molar-refractivity contribution < 1.29 is 0 Å². The maximum Gasteiger partial charge on any atom is 0.0220 e. The van der Waals surface area contributed by atoms with Crippen LogP contribution in [0.3, 0.4) is 0 Å². The fourth-order valence-corrected chi connectivity index (χ4v) is 3.32. The fraction of sp³-hybridized carbons (Fsp3) is 1.00. The van der Waals surface area contributed by atoms with Gasteiger partial charge in [-0.1, -0.05) is 33.1 Å². The van der Waals surface area contributed by atoms with Gasteiger partial charge in [0.15, 0.2) is 0 Å². The highest BCUT2D eigenvalue weighted by atomic mass is 32.2.